The normalized spacial score (nSPS) is 21.6. The molecule has 2 saturated heterocycles. The zero-order valence-corrected chi connectivity index (χ0v) is 17.3. The number of hydrogen-bond acceptors (Lipinski definition) is 3. The highest BCUT2D eigenvalue weighted by Gasteiger charge is 2.38. The number of hydrogen-bond donors (Lipinski definition) is 1. The second-order valence-corrected chi connectivity index (χ2v) is 8.32. The van der Waals surface area contributed by atoms with Crippen LogP contribution >= 0.6 is 11.6 Å². The lowest BCUT2D eigenvalue weighted by Crippen LogP contribution is -2.52. The summed E-state index contributed by atoms with van der Waals surface area (Å²) < 4.78 is 38.2. The number of benzene rings is 2. The van der Waals surface area contributed by atoms with Gasteiger partial charge in [-0.25, -0.2) is 0 Å². The van der Waals surface area contributed by atoms with Crippen LogP contribution in [0.15, 0.2) is 48.5 Å². The van der Waals surface area contributed by atoms with Gasteiger partial charge in [0.05, 0.1) is 5.56 Å². The monoisotopic (exact) mass is 451 g/mol. The van der Waals surface area contributed by atoms with Crippen LogP contribution in [-0.2, 0) is 6.18 Å². The van der Waals surface area contributed by atoms with Crippen molar-refractivity contribution in [2.24, 2.45) is 0 Å². The molecule has 2 atom stereocenters. The highest BCUT2D eigenvalue weighted by atomic mass is 35.5. The van der Waals surface area contributed by atoms with E-state index in [1.807, 2.05) is 0 Å². The third-order valence-corrected chi connectivity index (χ3v) is 6.06. The molecule has 0 aromatic heterocycles. The molecule has 1 N–H and O–H groups in total. The summed E-state index contributed by atoms with van der Waals surface area (Å²) in [6.07, 6.45) is -3.72. The molecule has 2 aromatic carbocycles. The fraction of sp³-hybridized carbons (Fsp3) is 0.364. The lowest BCUT2D eigenvalue weighted by atomic mass is 10.1. The Hall–Kier alpha value is -2.58. The number of amides is 2. The highest BCUT2D eigenvalue weighted by molar-refractivity contribution is 6.30. The van der Waals surface area contributed by atoms with Crippen LogP contribution in [0.3, 0.4) is 0 Å². The predicted octanol–water partition coefficient (Wildman–Crippen LogP) is 3.69. The summed E-state index contributed by atoms with van der Waals surface area (Å²) in [7, 11) is 0. The van der Waals surface area contributed by atoms with E-state index < -0.39 is 11.7 Å². The molecule has 0 aliphatic carbocycles. The van der Waals surface area contributed by atoms with Gasteiger partial charge < -0.3 is 10.2 Å². The largest absolute Gasteiger partial charge is 0.416 e. The Bertz CT molecular complexity index is 963. The summed E-state index contributed by atoms with van der Waals surface area (Å²) in [5.41, 5.74) is 0.00403. The molecular weight excluding hydrogens is 431 g/mol. The Labute approximate surface area is 182 Å². The molecule has 4 rings (SSSR count). The van der Waals surface area contributed by atoms with Crippen molar-refractivity contribution in [2.45, 2.75) is 24.7 Å². The van der Waals surface area contributed by atoms with E-state index in [1.54, 1.807) is 29.2 Å². The third kappa shape index (κ3) is 4.85. The number of fused-ring (bicyclic) bond motifs is 1. The van der Waals surface area contributed by atoms with Crippen LogP contribution in [0.4, 0.5) is 13.2 Å². The molecule has 2 heterocycles. The van der Waals surface area contributed by atoms with Gasteiger partial charge in [0.1, 0.15) is 0 Å². The van der Waals surface area contributed by atoms with Crippen LogP contribution in [0, 0.1) is 0 Å². The fourth-order valence-corrected chi connectivity index (χ4v) is 4.31. The van der Waals surface area contributed by atoms with Crippen molar-refractivity contribution in [3.63, 3.8) is 0 Å². The van der Waals surface area contributed by atoms with Gasteiger partial charge in [0.25, 0.3) is 11.8 Å². The Morgan fingerprint density at radius 2 is 1.58 bits per heavy atom. The predicted molar refractivity (Wildman–Crippen MR) is 110 cm³/mol. The Balaban J connectivity index is 1.35. The number of carbonyl (C=O) groups is 2. The quantitative estimate of drug-likeness (QED) is 0.774. The summed E-state index contributed by atoms with van der Waals surface area (Å²) in [6, 6.07) is 11.1. The molecule has 2 aliphatic heterocycles. The maximum Gasteiger partial charge on any atom is 0.416 e. The maximum absolute atomic E-state index is 12.8. The second kappa shape index (κ2) is 8.51. The molecule has 5 nitrogen and oxygen atoms in total. The van der Waals surface area contributed by atoms with E-state index in [0.717, 1.165) is 12.1 Å². The van der Waals surface area contributed by atoms with Crippen molar-refractivity contribution in [3.05, 3.63) is 70.2 Å². The average Bonchev–Trinajstić information content (AvgIpc) is 3.14. The van der Waals surface area contributed by atoms with Gasteiger partial charge >= 0.3 is 6.18 Å². The smallest absolute Gasteiger partial charge is 0.348 e. The number of nitrogens with zero attached hydrogens (tertiary/aromatic N) is 2. The minimum absolute atomic E-state index is 0.0331. The summed E-state index contributed by atoms with van der Waals surface area (Å²) >= 11 is 5.86. The molecule has 2 amide bonds. The van der Waals surface area contributed by atoms with Crippen molar-refractivity contribution in [2.75, 3.05) is 26.2 Å². The highest BCUT2D eigenvalue weighted by Crippen LogP contribution is 2.29. The second-order valence-electron chi connectivity index (χ2n) is 7.89. The van der Waals surface area contributed by atoms with Gasteiger partial charge in [-0.2, -0.15) is 13.2 Å². The molecule has 2 fully saturated rings. The lowest BCUT2D eigenvalue weighted by molar-refractivity contribution is -0.137. The summed E-state index contributed by atoms with van der Waals surface area (Å²) in [6.45, 7) is 2.33. The topological polar surface area (TPSA) is 52.7 Å². The molecular formula is C22H21ClF3N3O2. The molecule has 0 spiro atoms. The molecule has 0 radical (unpaired) electrons. The Morgan fingerprint density at radius 3 is 2.23 bits per heavy atom. The molecule has 0 bridgehead atoms. The van der Waals surface area contributed by atoms with Crippen LogP contribution in [0.1, 0.15) is 32.7 Å². The lowest BCUT2D eigenvalue weighted by Gasteiger charge is -2.37. The number of halogens is 4. The van der Waals surface area contributed by atoms with E-state index in [2.05, 4.69) is 10.2 Å². The first-order chi connectivity index (χ1) is 14.7. The van der Waals surface area contributed by atoms with Gasteiger partial charge in [0.15, 0.2) is 0 Å². The first-order valence-corrected chi connectivity index (χ1v) is 10.4. The fourth-order valence-electron chi connectivity index (χ4n) is 4.19. The van der Waals surface area contributed by atoms with E-state index in [-0.39, 0.29) is 29.5 Å². The first kappa shape index (κ1) is 21.6. The molecule has 31 heavy (non-hydrogen) atoms. The van der Waals surface area contributed by atoms with Crippen molar-refractivity contribution < 1.29 is 22.8 Å². The maximum atomic E-state index is 12.8. The number of piperazine rings is 1. The van der Waals surface area contributed by atoms with Gasteiger partial charge in [-0.15, -0.1) is 0 Å². The van der Waals surface area contributed by atoms with E-state index in [0.29, 0.717) is 43.2 Å². The Kier molecular flexibility index (Phi) is 5.94. The van der Waals surface area contributed by atoms with Gasteiger partial charge in [0, 0.05) is 54.4 Å². The average molecular weight is 452 g/mol. The van der Waals surface area contributed by atoms with Crippen LogP contribution in [-0.4, -0.2) is 59.9 Å². The van der Waals surface area contributed by atoms with E-state index >= 15 is 0 Å². The van der Waals surface area contributed by atoms with Crippen LogP contribution in [0.2, 0.25) is 5.02 Å². The standard InChI is InChI=1S/C22H21ClF3N3O2/c23-17-7-3-14(4-8-17)20(30)27-18-11-19-13-29(10-9-28(19)12-18)21(31)15-1-5-16(6-2-15)22(24,25)26/h1-8,18-19H,9-13H2,(H,27,30)/t18-,19-/m0/s1. The molecule has 0 unspecified atom stereocenters. The van der Waals surface area contributed by atoms with Crippen molar-refractivity contribution >= 4 is 23.4 Å². The van der Waals surface area contributed by atoms with Crippen molar-refractivity contribution in [1.29, 1.82) is 0 Å². The van der Waals surface area contributed by atoms with Crippen LogP contribution in [0.5, 0.6) is 0 Å². The van der Waals surface area contributed by atoms with Gasteiger partial charge in [-0.1, -0.05) is 11.6 Å². The van der Waals surface area contributed by atoms with Gasteiger partial charge in [-0.05, 0) is 55.0 Å². The summed E-state index contributed by atoms with van der Waals surface area (Å²) in [5.74, 6) is -0.443. The molecule has 2 aromatic rings. The van der Waals surface area contributed by atoms with Crippen LogP contribution < -0.4 is 5.32 Å². The molecule has 9 heteroatoms. The van der Waals surface area contributed by atoms with E-state index in [4.69, 9.17) is 11.6 Å². The van der Waals surface area contributed by atoms with Gasteiger partial charge in [0.2, 0.25) is 0 Å². The van der Waals surface area contributed by atoms with Crippen LogP contribution in [0.25, 0.3) is 0 Å². The minimum Gasteiger partial charge on any atom is -0.348 e. The third-order valence-electron chi connectivity index (χ3n) is 5.80. The zero-order chi connectivity index (χ0) is 22.2. The number of alkyl halides is 3. The van der Waals surface area contributed by atoms with E-state index in [1.165, 1.54) is 12.1 Å². The van der Waals surface area contributed by atoms with Crippen molar-refractivity contribution in [3.8, 4) is 0 Å². The SMILES string of the molecule is O=C(N[C@H]1C[C@H]2CN(C(=O)c3ccc(C(F)(F)F)cc3)CCN2C1)c1ccc(Cl)cc1. The number of carbonyl (C=O) groups excluding carboxylic acids is 2. The summed E-state index contributed by atoms with van der Waals surface area (Å²) in [4.78, 5) is 29.1. The molecule has 2 aliphatic rings. The molecule has 0 saturated carbocycles. The van der Waals surface area contributed by atoms with E-state index in [9.17, 15) is 22.8 Å². The zero-order valence-electron chi connectivity index (χ0n) is 16.5. The van der Waals surface area contributed by atoms with Crippen molar-refractivity contribution in [1.82, 2.24) is 15.1 Å². The van der Waals surface area contributed by atoms with Gasteiger partial charge in [-0.3, -0.25) is 14.5 Å². The Morgan fingerprint density at radius 1 is 0.935 bits per heavy atom. The minimum atomic E-state index is -4.43. The summed E-state index contributed by atoms with van der Waals surface area (Å²) in [5, 5.41) is 3.60. The number of rotatable bonds is 3. The first-order valence-electron chi connectivity index (χ1n) is 9.98. The number of nitrogens with one attached hydrogen (secondary N) is 1. The molecule has 164 valence electrons.